The van der Waals surface area contributed by atoms with Crippen LogP contribution in [-0.2, 0) is 16.3 Å². The first-order valence-corrected chi connectivity index (χ1v) is 8.67. The van der Waals surface area contributed by atoms with E-state index in [2.05, 4.69) is 10.3 Å². The van der Waals surface area contributed by atoms with Crippen molar-refractivity contribution < 1.29 is 18.7 Å². The summed E-state index contributed by atoms with van der Waals surface area (Å²) in [5, 5.41) is 8.80. The van der Waals surface area contributed by atoms with E-state index in [1.807, 2.05) is 0 Å². The van der Waals surface area contributed by atoms with Crippen LogP contribution in [0.1, 0.15) is 5.56 Å². The summed E-state index contributed by atoms with van der Waals surface area (Å²) < 4.78 is 16.5. The predicted octanol–water partition coefficient (Wildman–Crippen LogP) is 1.79. The average Bonchev–Trinajstić information content (AvgIpc) is 2.71. The van der Waals surface area contributed by atoms with E-state index < -0.39 is 23.8 Å². The van der Waals surface area contributed by atoms with Gasteiger partial charge >= 0.3 is 11.6 Å². The maximum absolute atomic E-state index is 12.3. The van der Waals surface area contributed by atoms with Crippen LogP contribution in [0.15, 0.2) is 62.5 Å². The summed E-state index contributed by atoms with van der Waals surface area (Å²) in [6.07, 6.45) is 0. The normalized spacial score (nSPS) is 10.9. The lowest BCUT2D eigenvalue weighted by molar-refractivity contribution is -0.150. The fourth-order valence-corrected chi connectivity index (χ4v) is 2.82. The number of hydrogen-bond donors (Lipinski definition) is 0. The van der Waals surface area contributed by atoms with E-state index in [-0.39, 0.29) is 6.73 Å². The summed E-state index contributed by atoms with van der Waals surface area (Å²) in [6, 6.07) is 13.1. The van der Waals surface area contributed by atoms with E-state index in [4.69, 9.17) is 13.9 Å². The summed E-state index contributed by atoms with van der Waals surface area (Å²) >= 11 is 0. The van der Waals surface area contributed by atoms with Gasteiger partial charge in [-0.3, -0.25) is 4.79 Å². The summed E-state index contributed by atoms with van der Waals surface area (Å²) in [5.74, 6) is -0.358. The smallest absolute Gasteiger partial charge is 0.345 e. The van der Waals surface area contributed by atoms with Crippen molar-refractivity contribution in [3.63, 3.8) is 0 Å². The molecule has 0 spiro atoms. The van der Waals surface area contributed by atoms with Crippen LogP contribution in [0.25, 0.3) is 21.9 Å². The third kappa shape index (κ3) is 3.84. The highest BCUT2D eigenvalue weighted by molar-refractivity contribution is 5.81. The molecule has 0 aliphatic heterocycles. The summed E-state index contributed by atoms with van der Waals surface area (Å²) in [4.78, 5) is 35.7. The monoisotopic (exact) mass is 393 g/mol. The molecule has 2 aromatic heterocycles. The van der Waals surface area contributed by atoms with Gasteiger partial charge < -0.3 is 13.9 Å². The van der Waals surface area contributed by atoms with Crippen LogP contribution in [0.4, 0.5) is 0 Å². The van der Waals surface area contributed by atoms with Crippen molar-refractivity contribution in [1.29, 1.82) is 0 Å². The van der Waals surface area contributed by atoms with Gasteiger partial charge in [0.1, 0.15) is 16.8 Å². The van der Waals surface area contributed by atoms with Crippen LogP contribution in [0, 0.1) is 6.92 Å². The molecule has 0 saturated heterocycles. The number of benzene rings is 2. The minimum absolute atomic E-state index is 0.339. The van der Waals surface area contributed by atoms with Crippen molar-refractivity contribution in [2.45, 2.75) is 13.7 Å². The van der Waals surface area contributed by atoms with Crippen LogP contribution >= 0.6 is 0 Å². The van der Waals surface area contributed by atoms with E-state index in [0.717, 1.165) is 15.6 Å². The second-order valence-electron chi connectivity index (χ2n) is 6.25. The zero-order valence-corrected chi connectivity index (χ0v) is 15.3. The van der Waals surface area contributed by atoms with Crippen LogP contribution in [0.2, 0.25) is 0 Å². The molecule has 29 heavy (non-hydrogen) atoms. The largest absolute Gasteiger partial charge is 0.482 e. The predicted molar refractivity (Wildman–Crippen MR) is 103 cm³/mol. The molecule has 9 nitrogen and oxygen atoms in total. The molecule has 2 aromatic carbocycles. The number of carbonyl (C=O) groups excluding carboxylic acids is 1. The third-order valence-electron chi connectivity index (χ3n) is 4.26. The van der Waals surface area contributed by atoms with E-state index in [1.165, 1.54) is 12.1 Å². The quantitative estimate of drug-likeness (QED) is 0.372. The number of aromatic nitrogens is 3. The highest BCUT2D eigenvalue weighted by Gasteiger charge is 2.10. The number of rotatable bonds is 5. The molecule has 0 fully saturated rings. The number of nitrogens with zero attached hydrogens (tertiary/aromatic N) is 3. The van der Waals surface area contributed by atoms with E-state index in [1.54, 1.807) is 43.3 Å². The fraction of sp³-hybridized carbons (Fsp3) is 0.150. The van der Waals surface area contributed by atoms with E-state index in [0.29, 0.717) is 22.2 Å². The molecule has 0 saturated carbocycles. The van der Waals surface area contributed by atoms with Gasteiger partial charge in [-0.2, -0.15) is 4.68 Å². The van der Waals surface area contributed by atoms with E-state index in [9.17, 15) is 14.4 Å². The topological polar surface area (TPSA) is 114 Å². The lowest BCUT2D eigenvalue weighted by Crippen LogP contribution is -2.27. The molecule has 0 N–H and O–H groups in total. The summed E-state index contributed by atoms with van der Waals surface area (Å²) in [5.41, 5.74) is 0.724. The Kier molecular flexibility index (Phi) is 4.78. The number of esters is 1. The Balaban J connectivity index is 1.41. The van der Waals surface area contributed by atoms with Gasteiger partial charge in [-0.1, -0.05) is 17.3 Å². The SMILES string of the molecule is Cc1cc(=O)oc2cc(OCC(=O)OCn3nnc4ccccc4c3=O)ccc12. The minimum atomic E-state index is -0.697. The van der Waals surface area contributed by atoms with Crippen LogP contribution < -0.4 is 15.9 Å². The van der Waals surface area contributed by atoms with Crippen molar-refractivity contribution >= 4 is 27.8 Å². The first kappa shape index (κ1) is 18.4. The van der Waals surface area contributed by atoms with Crippen molar-refractivity contribution in [1.82, 2.24) is 15.0 Å². The number of ether oxygens (including phenoxy) is 2. The van der Waals surface area contributed by atoms with Gasteiger partial charge in [0.05, 0.1) is 5.39 Å². The molecule has 0 aliphatic carbocycles. The Morgan fingerprint density at radius 1 is 1.10 bits per heavy atom. The zero-order valence-electron chi connectivity index (χ0n) is 15.3. The van der Waals surface area contributed by atoms with Gasteiger partial charge in [0, 0.05) is 17.5 Å². The van der Waals surface area contributed by atoms with Crippen molar-refractivity contribution in [3.8, 4) is 5.75 Å². The first-order valence-electron chi connectivity index (χ1n) is 8.67. The highest BCUT2D eigenvalue weighted by atomic mass is 16.6. The molecule has 0 bridgehead atoms. The molecule has 4 rings (SSSR count). The van der Waals surface area contributed by atoms with Crippen LogP contribution in [-0.4, -0.2) is 27.6 Å². The number of hydrogen-bond acceptors (Lipinski definition) is 8. The summed E-state index contributed by atoms with van der Waals surface area (Å²) in [7, 11) is 0. The number of carbonyl (C=O) groups is 1. The maximum Gasteiger partial charge on any atom is 0.345 e. The van der Waals surface area contributed by atoms with Gasteiger partial charge in [0.2, 0.25) is 0 Å². The Labute approximate surface area is 163 Å². The lowest BCUT2D eigenvalue weighted by Gasteiger charge is -2.09. The standard InChI is InChI=1S/C20H15N3O6/c1-12-8-18(24)29-17-9-13(6-7-14(12)17)27-10-19(25)28-11-23-20(26)15-4-2-3-5-16(15)21-22-23/h2-9H,10-11H2,1H3. The van der Waals surface area contributed by atoms with E-state index >= 15 is 0 Å². The van der Waals surface area contributed by atoms with Crippen molar-refractivity contribution in [2.24, 2.45) is 0 Å². The third-order valence-corrected chi connectivity index (χ3v) is 4.26. The van der Waals surface area contributed by atoms with Gasteiger partial charge in [-0.25, -0.2) is 9.59 Å². The molecule has 146 valence electrons. The Bertz CT molecular complexity index is 1340. The molecule has 0 unspecified atom stereocenters. The molecular formula is C20H15N3O6. The molecular weight excluding hydrogens is 378 g/mol. The van der Waals surface area contributed by atoms with Gasteiger partial charge in [-0.05, 0) is 36.8 Å². The van der Waals surface area contributed by atoms with Gasteiger partial charge in [0.25, 0.3) is 5.56 Å². The lowest BCUT2D eigenvalue weighted by atomic mass is 10.1. The molecule has 9 heteroatoms. The molecule has 0 atom stereocenters. The Morgan fingerprint density at radius 3 is 2.79 bits per heavy atom. The molecule has 4 aromatic rings. The average molecular weight is 393 g/mol. The Morgan fingerprint density at radius 2 is 1.93 bits per heavy atom. The zero-order chi connectivity index (χ0) is 20.4. The van der Waals surface area contributed by atoms with Crippen LogP contribution in [0.5, 0.6) is 5.75 Å². The second-order valence-corrected chi connectivity index (χ2v) is 6.25. The van der Waals surface area contributed by atoms with Crippen molar-refractivity contribution in [3.05, 3.63) is 74.9 Å². The van der Waals surface area contributed by atoms with Gasteiger partial charge in [-0.15, -0.1) is 5.10 Å². The van der Waals surface area contributed by atoms with Crippen LogP contribution in [0.3, 0.4) is 0 Å². The maximum atomic E-state index is 12.3. The molecule has 2 heterocycles. The second kappa shape index (κ2) is 7.55. The highest BCUT2D eigenvalue weighted by Crippen LogP contribution is 2.22. The minimum Gasteiger partial charge on any atom is -0.482 e. The van der Waals surface area contributed by atoms with Gasteiger partial charge in [0.15, 0.2) is 13.3 Å². The summed E-state index contributed by atoms with van der Waals surface area (Å²) in [6.45, 7) is 1.02. The number of aryl methyl sites for hydroxylation is 1. The van der Waals surface area contributed by atoms with Crippen molar-refractivity contribution in [2.75, 3.05) is 6.61 Å². The number of fused-ring (bicyclic) bond motifs is 2. The Hall–Kier alpha value is -4.01. The molecule has 0 amide bonds. The first-order chi connectivity index (χ1) is 14.0. The fourth-order valence-electron chi connectivity index (χ4n) is 2.82. The molecule has 0 radical (unpaired) electrons. The molecule has 0 aliphatic rings.